The minimum atomic E-state index is -0.766. The van der Waals surface area contributed by atoms with Crippen molar-refractivity contribution in [3.05, 3.63) is 74.8 Å². The summed E-state index contributed by atoms with van der Waals surface area (Å²) in [4.78, 5) is 45.2. The number of rotatable bonds is 6. The lowest BCUT2D eigenvalue weighted by Gasteiger charge is -2.08. The molecule has 2 N–H and O–H groups in total. The first kappa shape index (κ1) is 19.9. The predicted octanol–water partition coefficient (Wildman–Crippen LogP) is 1.80. The van der Waals surface area contributed by atoms with E-state index in [1.54, 1.807) is 24.3 Å². The molecular formula is C17H14ClN3O6. The van der Waals surface area contributed by atoms with Crippen LogP contribution in [-0.2, 0) is 20.7 Å². The molecule has 2 aromatic carbocycles. The van der Waals surface area contributed by atoms with Gasteiger partial charge in [0.1, 0.15) is 0 Å². The lowest BCUT2D eigenvalue weighted by atomic mass is 10.1. The summed E-state index contributed by atoms with van der Waals surface area (Å²) in [7, 11) is 0. The Morgan fingerprint density at radius 3 is 2.44 bits per heavy atom. The third kappa shape index (κ3) is 6.40. The summed E-state index contributed by atoms with van der Waals surface area (Å²) in [6.45, 7) is -0.596. The van der Waals surface area contributed by atoms with Gasteiger partial charge in [0.05, 0.1) is 11.3 Å². The van der Waals surface area contributed by atoms with Crippen molar-refractivity contribution >= 4 is 35.1 Å². The van der Waals surface area contributed by atoms with Gasteiger partial charge < -0.3 is 4.74 Å². The van der Waals surface area contributed by atoms with Crippen molar-refractivity contribution in [2.45, 2.75) is 6.42 Å². The van der Waals surface area contributed by atoms with Gasteiger partial charge in [0.25, 0.3) is 17.5 Å². The van der Waals surface area contributed by atoms with E-state index in [9.17, 15) is 24.5 Å². The molecule has 0 fully saturated rings. The highest BCUT2D eigenvalue weighted by Gasteiger charge is 2.13. The van der Waals surface area contributed by atoms with E-state index >= 15 is 0 Å². The molecule has 10 heteroatoms. The van der Waals surface area contributed by atoms with E-state index in [2.05, 4.69) is 10.9 Å². The van der Waals surface area contributed by atoms with Gasteiger partial charge in [-0.2, -0.15) is 0 Å². The van der Waals surface area contributed by atoms with E-state index < -0.39 is 29.3 Å². The number of benzene rings is 2. The number of nitro benzene ring substituents is 1. The maximum atomic E-state index is 11.9. The Labute approximate surface area is 158 Å². The van der Waals surface area contributed by atoms with E-state index in [4.69, 9.17) is 16.3 Å². The van der Waals surface area contributed by atoms with Crippen molar-refractivity contribution in [3.8, 4) is 0 Å². The molecule has 0 aliphatic heterocycles. The quantitative estimate of drug-likeness (QED) is 0.439. The number of nitrogens with zero attached hydrogens (tertiary/aromatic N) is 1. The number of amides is 2. The van der Waals surface area contributed by atoms with Crippen LogP contribution in [-0.4, -0.2) is 29.3 Å². The molecule has 0 unspecified atom stereocenters. The maximum absolute atomic E-state index is 11.9. The summed E-state index contributed by atoms with van der Waals surface area (Å²) in [6, 6.07) is 11.5. The average molecular weight is 392 g/mol. The summed E-state index contributed by atoms with van der Waals surface area (Å²) in [5.41, 5.74) is 4.53. The molecule has 0 aliphatic rings. The number of esters is 1. The highest BCUT2D eigenvalue weighted by Crippen LogP contribution is 2.12. The number of ether oxygens (including phenoxy) is 1. The Morgan fingerprint density at radius 1 is 1.07 bits per heavy atom. The van der Waals surface area contributed by atoms with Crippen LogP contribution in [0.3, 0.4) is 0 Å². The van der Waals surface area contributed by atoms with E-state index in [1.807, 2.05) is 0 Å². The Kier molecular flexibility index (Phi) is 6.84. The van der Waals surface area contributed by atoms with Crippen molar-refractivity contribution in [1.82, 2.24) is 10.9 Å². The van der Waals surface area contributed by atoms with Crippen LogP contribution in [0.5, 0.6) is 0 Å². The lowest BCUT2D eigenvalue weighted by molar-refractivity contribution is -0.384. The first-order valence-corrected chi connectivity index (χ1v) is 7.96. The summed E-state index contributed by atoms with van der Waals surface area (Å²) in [6.07, 6.45) is -0.0372. The van der Waals surface area contributed by atoms with E-state index in [0.29, 0.717) is 10.6 Å². The van der Waals surface area contributed by atoms with Crippen LogP contribution in [0.25, 0.3) is 0 Å². The molecule has 0 aromatic heterocycles. The Balaban J connectivity index is 1.76. The number of hydrogen-bond donors (Lipinski definition) is 2. The zero-order chi connectivity index (χ0) is 19.8. The molecule has 0 heterocycles. The number of halogens is 1. The van der Waals surface area contributed by atoms with Crippen molar-refractivity contribution in [3.63, 3.8) is 0 Å². The molecule has 0 bridgehead atoms. The molecular weight excluding hydrogens is 378 g/mol. The van der Waals surface area contributed by atoms with Crippen molar-refractivity contribution in [1.29, 1.82) is 0 Å². The maximum Gasteiger partial charge on any atom is 0.310 e. The van der Waals surface area contributed by atoms with E-state index in [0.717, 1.165) is 6.07 Å². The Morgan fingerprint density at radius 2 is 1.78 bits per heavy atom. The molecule has 0 atom stereocenters. The van der Waals surface area contributed by atoms with Gasteiger partial charge in [-0.25, -0.2) is 0 Å². The molecule has 0 saturated heterocycles. The molecule has 2 aromatic rings. The number of carbonyl (C=O) groups is 3. The second-order valence-electron chi connectivity index (χ2n) is 5.27. The molecule has 27 heavy (non-hydrogen) atoms. The number of non-ortho nitro benzene ring substituents is 1. The third-order valence-corrected chi connectivity index (χ3v) is 3.51. The smallest absolute Gasteiger partial charge is 0.310 e. The van der Waals surface area contributed by atoms with Crippen molar-refractivity contribution in [2.24, 2.45) is 0 Å². The molecule has 0 spiro atoms. The van der Waals surface area contributed by atoms with Crippen LogP contribution in [0.15, 0.2) is 48.5 Å². The van der Waals surface area contributed by atoms with Gasteiger partial charge in [0.15, 0.2) is 6.61 Å². The Hall–Kier alpha value is -3.46. The van der Waals surface area contributed by atoms with E-state index in [-0.39, 0.29) is 17.7 Å². The van der Waals surface area contributed by atoms with Crippen LogP contribution >= 0.6 is 11.6 Å². The van der Waals surface area contributed by atoms with Gasteiger partial charge in [0.2, 0.25) is 0 Å². The monoisotopic (exact) mass is 391 g/mol. The summed E-state index contributed by atoms with van der Waals surface area (Å²) < 4.78 is 4.80. The summed E-state index contributed by atoms with van der Waals surface area (Å²) >= 11 is 5.74. The van der Waals surface area contributed by atoms with Gasteiger partial charge in [-0.05, 0) is 23.8 Å². The van der Waals surface area contributed by atoms with Crippen LogP contribution in [0, 0.1) is 10.1 Å². The first-order chi connectivity index (χ1) is 12.8. The second-order valence-corrected chi connectivity index (χ2v) is 5.71. The van der Waals surface area contributed by atoms with Crippen LogP contribution in [0.2, 0.25) is 5.02 Å². The molecule has 0 radical (unpaired) electrons. The fraction of sp³-hybridized carbons (Fsp3) is 0.118. The minimum absolute atomic E-state index is 0.00997. The molecule has 9 nitrogen and oxygen atoms in total. The fourth-order valence-corrected chi connectivity index (χ4v) is 2.09. The highest BCUT2D eigenvalue weighted by molar-refractivity contribution is 6.30. The van der Waals surface area contributed by atoms with Gasteiger partial charge in [-0.3, -0.25) is 35.3 Å². The normalized spacial score (nSPS) is 9.96. The van der Waals surface area contributed by atoms with E-state index in [1.165, 1.54) is 18.2 Å². The third-order valence-electron chi connectivity index (χ3n) is 3.26. The lowest BCUT2D eigenvalue weighted by Crippen LogP contribution is -2.43. The van der Waals surface area contributed by atoms with Gasteiger partial charge in [-0.1, -0.05) is 29.8 Å². The second kappa shape index (κ2) is 9.30. The summed E-state index contributed by atoms with van der Waals surface area (Å²) in [5.74, 6) is -2.14. The molecule has 140 valence electrons. The number of hydrogen-bond acceptors (Lipinski definition) is 6. The topological polar surface area (TPSA) is 128 Å². The molecule has 2 amide bonds. The van der Waals surface area contributed by atoms with Gasteiger partial charge >= 0.3 is 5.97 Å². The predicted molar refractivity (Wildman–Crippen MR) is 94.8 cm³/mol. The van der Waals surface area contributed by atoms with Crippen LogP contribution in [0.4, 0.5) is 5.69 Å². The molecule has 0 saturated carbocycles. The minimum Gasteiger partial charge on any atom is -0.455 e. The summed E-state index contributed by atoms with van der Waals surface area (Å²) in [5, 5.41) is 11.2. The number of hydrazine groups is 1. The van der Waals surface area contributed by atoms with Gasteiger partial charge in [-0.15, -0.1) is 0 Å². The molecule has 0 aliphatic carbocycles. The average Bonchev–Trinajstić information content (AvgIpc) is 2.66. The SMILES string of the molecule is O=C(COC(=O)Cc1ccc(Cl)cc1)NNC(=O)c1cccc([N+](=O)[O-])c1. The zero-order valence-electron chi connectivity index (χ0n) is 13.8. The van der Waals surface area contributed by atoms with Gasteiger partial charge in [0, 0.05) is 22.7 Å². The van der Waals surface area contributed by atoms with Crippen LogP contribution < -0.4 is 10.9 Å². The number of carbonyl (C=O) groups excluding carboxylic acids is 3. The number of nitro groups is 1. The largest absolute Gasteiger partial charge is 0.455 e. The number of nitrogens with one attached hydrogen (secondary N) is 2. The fourth-order valence-electron chi connectivity index (χ4n) is 1.96. The Bertz CT molecular complexity index is 869. The first-order valence-electron chi connectivity index (χ1n) is 7.59. The standard InChI is InChI=1S/C17H14ClN3O6/c18-13-6-4-11(5-7-13)8-16(23)27-10-15(22)19-20-17(24)12-2-1-3-14(9-12)21(25)26/h1-7,9H,8,10H2,(H,19,22)(H,20,24). The highest BCUT2D eigenvalue weighted by atomic mass is 35.5. The molecule has 2 rings (SSSR count). The van der Waals surface area contributed by atoms with Crippen molar-refractivity contribution < 1.29 is 24.0 Å². The van der Waals surface area contributed by atoms with Crippen molar-refractivity contribution in [2.75, 3.05) is 6.61 Å². The van der Waals surface area contributed by atoms with Crippen LogP contribution in [0.1, 0.15) is 15.9 Å². The zero-order valence-corrected chi connectivity index (χ0v) is 14.6.